The van der Waals surface area contributed by atoms with Gasteiger partial charge in [-0.3, -0.25) is 10.2 Å². The van der Waals surface area contributed by atoms with Crippen LogP contribution in [0.5, 0.6) is 0 Å². The van der Waals surface area contributed by atoms with E-state index in [9.17, 15) is 0 Å². The molecule has 5 heterocycles. The fourth-order valence-electron chi connectivity index (χ4n) is 3.79. The normalized spacial score (nSPS) is 32.7. The highest BCUT2D eigenvalue weighted by Gasteiger charge is 2.54. The van der Waals surface area contributed by atoms with Crippen molar-refractivity contribution in [1.82, 2.24) is 14.9 Å². The molecule has 2 aromatic heterocycles. The summed E-state index contributed by atoms with van der Waals surface area (Å²) in [6.07, 6.45) is 1.23. The maximum Gasteiger partial charge on any atom is 0.291 e. The van der Waals surface area contributed by atoms with Crippen molar-refractivity contribution in [3.8, 4) is 0 Å². The summed E-state index contributed by atoms with van der Waals surface area (Å²) in [6.45, 7) is 6.13. The van der Waals surface area contributed by atoms with E-state index in [1.807, 2.05) is 19.1 Å². The lowest BCUT2D eigenvalue weighted by Gasteiger charge is -2.31. The molecule has 0 aromatic carbocycles. The van der Waals surface area contributed by atoms with Crippen molar-refractivity contribution in [2.24, 2.45) is 10.9 Å². The van der Waals surface area contributed by atoms with Gasteiger partial charge in [-0.1, -0.05) is 11.3 Å². The van der Waals surface area contributed by atoms with E-state index in [1.54, 1.807) is 0 Å². The van der Waals surface area contributed by atoms with Gasteiger partial charge in [0, 0.05) is 24.7 Å². The van der Waals surface area contributed by atoms with E-state index in [2.05, 4.69) is 25.2 Å². The van der Waals surface area contributed by atoms with Gasteiger partial charge in [0.1, 0.15) is 15.9 Å². The minimum absolute atomic E-state index is 0.0912. The lowest BCUT2D eigenvalue weighted by molar-refractivity contribution is 0.0364. The Morgan fingerprint density at radius 1 is 1.41 bits per heavy atom. The maximum absolute atomic E-state index is 6.21. The van der Waals surface area contributed by atoms with Crippen LogP contribution in [-0.2, 0) is 4.74 Å². The number of nitrogens with zero attached hydrogens (tertiary/aromatic N) is 4. The summed E-state index contributed by atoms with van der Waals surface area (Å²) in [5, 5.41) is 4.04. The van der Waals surface area contributed by atoms with Crippen LogP contribution in [0.1, 0.15) is 12.1 Å². The average molecular weight is 315 g/mol. The van der Waals surface area contributed by atoms with Crippen LogP contribution in [0.4, 0.5) is 5.13 Å². The van der Waals surface area contributed by atoms with E-state index >= 15 is 0 Å². The number of anilines is 1. The third kappa shape index (κ3) is 1.85. The van der Waals surface area contributed by atoms with Gasteiger partial charge in [-0.2, -0.15) is 0 Å². The molecule has 114 valence electrons. The Hall–Kier alpha value is -1.73. The Bertz CT molecular complexity index is 787. The Kier molecular flexibility index (Phi) is 2.55. The summed E-state index contributed by atoms with van der Waals surface area (Å²) < 4.78 is 6.21. The number of thiazole rings is 1. The molecular formula is C15H17N5OS. The zero-order valence-corrected chi connectivity index (χ0v) is 13.2. The van der Waals surface area contributed by atoms with Crippen LogP contribution in [0.2, 0.25) is 0 Å². The quantitative estimate of drug-likeness (QED) is 0.870. The monoisotopic (exact) mass is 315 g/mol. The van der Waals surface area contributed by atoms with Crippen LogP contribution in [0, 0.1) is 12.8 Å². The number of nitrogens with one attached hydrogen (secondary N) is 1. The number of aliphatic imine (C=N–C) groups is 1. The molecule has 2 fully saturated rings. The molecule has 3 aliphatic rings. The molecule has 1 spiro atoms. The van der Waals surface area contributed by atoms with Gasteiger partial charge in [-0.25, -0.2) is 15.0 Å². The molecular weight excluding hydrogens is 298 g/mol. The molecule has 0 amide bonds. The smallest absolute Gasteiger partial charge is 0.291 e. The van der Waals surface area contributed by atoms with Crippen molar-refractivity contribution in [3.63, 3.8) is 0 Å². The van der Waals surface area contributed by atoms with E-state index in [1.165, 1.54) is 24.3 Å². The molecule has 22 heavy (non-hydrogen) atoms. The lowest BCUT2D eigenvalue weighted by atomic mass is 9.88. The van der Waals surface area contributed by atoms with E-state index in [-0.39, 0.29) is 5.60 Å². The molecule has 1 N–H and O–H groups in total. The van der Waals surface area contributed by atoms with Crippen molar-refractivity contribution in [1.29, 1.82) is 0 Å². The molecule has 6 nitrogen and oxygen atoms in total. The Morgan fingerprint density at radius 2 is 2.36 bits per heavy atom. The molecule has 3 aliphatic heterocycles. The molecule has 0 saturated carbocycles. The van der Waals surface area contributed by atoms with E-state index in [0.29, 0.717) is 11.9 Å². The molecule has 7 heteroatoms. The van der Waals surface area contributed by atoms with Gasteiger partial charge in [0.2, 0.25) is 0 Å². The number of hydrogen-bond acceptors (Lipinski definition) is 7. The Morgan fingerprint density at radius 3 is 3.18 bits per heavy atom. The van der Waals surface area contributed by atoms with E-state index < -0.39 is 0 Å². The molecule has 2 saturated heterocycles. The van der Waals surface area contributed by atoms with Gasteiger partial charge < -0.3 is 4.74 Å². The number of amidine groups is 1. The number of aryl methyl sites for hydroxylation is 1. The third-order valence-corrected chi connectivity index (χ3v) is 5.79. The van der Waals surface area contributed by atoms with Crippen LogP contribution in [-0.4, -0.2) is 52.7 Å². The first-order chi connectivity index (χ1) is 10.7. The predicted octanol–water partition coefficient (Wildman–Crippen LogP) is 1.87. The fraction of sp³-hybridized carbons (Fsp3) is 0.533. The summed E-state index contributed by atoms with van der Waals surface area (Å²) in [7, 11) is 0. The number of piperidine rings is 1. The number of hydrogen-bond donors (Lipinski definition) is 1. The number of fused-ring (bicyclic) bond motifs is 4. The molecule has 2 aromatic rings. The van der Waals surface area contributed by atoms with Crippen LogP contribution >= 0.6 is 11.3 Å². The van der Waals surface area contributed by atoms with Crippen molar-refractivity contribution in [2.75, 3.05) is 31.5 Å². The van der Waals surface area contributed by atoms with Crippen LogP contribution in [0.15, 0.2) is 17.1 Å². The second-order valence-electron chi connectivity index (χ2n) is 6.43. The highest BCUT2D eigenvalue weighted by Crippen LogP contribution is 2.41. The summed E-state index contributed by atoms with van der Waals surface area (Å²) in [5.74, 6) is 0.621. The topological polar surface area (TPSA) is 62.6 Å². The summed E-state index contributed by atoms with van der Waals surface area (Å²) in [4.78, 5) is 17.1. The number of aromatic nitrogens is 2. The standard InChI is InChI=1S/C15H17N5OS/c1-9-2-3-11-12(17-9)22-14(18-11)19-13-16-7-15(21-13)8-20-5-4-10(15)6-20/h2-3,10H,4-8H2,1H3,(H,16,18,19)/t10-,15+/m1/s1. The second kappa shape index (κ2) is 4.39. The van der Waals surface area contributed by atoms with Gasteiger partial charge in [-0.05, 0) is 32.0 Å². The van der Waals surface area contributed by atoms with Gasteiger partial charge in [0.25, 0.3) is 6.02 Å². The van der Waals surface area contributed by atoms with Crippen LogP contribution < -0.4 is 5.32 Å². The van der Waals surface area contributed by atoms with Crippen LogP contribution in [0.3, 0.4) is 0 Å². The highest BCUT2D eigenvalue weighted by molar-refractivity contribution is 7.21. The zero-order chi connectivity index (χ0) is 14.7. The molecule has 5 rings (SSSR count). The second-order valence-corrected chi connectivity index (χ2v) is 7.41. The largest absolute Gasteiger partial charge is 0.455 e. The number of pyridine rings is 1. The lowest BCUT2D eigenvalue weighted by Crippen LogP contribution is -2.46. The zero-order valence-electron chi connectivity index (χ0n) is 12.4. The summed E-state index contributed by atoms with van der Waals surface area (Å²) in [5.41, 5.74) is 1.83. The molecule has 1 unspecified atom stereocenters. The van der Waals surface area contributed by atoms with Crippen molar-refractivity contribution >= 4 is 32.8 Å². The number of rotatable bonds is 1. The van der Waals surface area contributed by atoms with E-state index in [0.717, 1.165) is 40.8 Å². The van der Waals surface area contributed by atoms with Gasteiger partial charge in [0.05, 0.1) is 6.54 Å². The average Bonchev–Trinajstić information content (AvgIpc) is 3.23. The SMILES string of the molecule is Cc1ccc2nc(NC3=NC[C@@]4(CN5CC[C@@H]4C5)O3)sc2n1. The molecule has 3 atom stereocenters. The first-order valence-electron chi connectivity index (χ1n) is 7.67. The van der Waals surface area contributed by atoms with Gasteiger partial charge >= 0.3 is 0 Å². The third-order valence-electron chi connectivity index (χ3n) is 4.91. The predicted molar refractivity (Wildman–Crippen MR) is 86.4 cm³/mol. The maximum atomic E-state index is 6.21. The van der Waals surface area contributed by atoms with Gasteiger partial charge in [0.15, 0.2) is 5.13 Å². The van der Waals surface area contributed by atoms with Gasteiger partial charge in [-0.15, -0.1) is 0 Å². The Labute approximate surface area is 132 Å². The Balaban J connectivity index is 1.35. The molecule has 0 aliphatic carbocycles. The summed E-state index contributed by atoms with van der Waals surface area (Å²) in [6, 6.07) is 4.60. The first kappa shape index (κ1) is 12.8. The minimum Gasteiger partial charge on any atom is -0.455 e. The van der Waals surface area contributed by atoms with Crippen molar-refractivity contribution in [2.45, 2.75) is 18.9 Å². The summed E-state index contributed by atoms with van der Waals surface area (Å²) >= 11 is 1.54. The minimum atomic E-state index is -0.0912. The first-order valence-corrected chi connectivity index (χ1v) is 8.49. The van der Waals surface area contributed by atoms with E-state index in [4.69, 9.17) is 4.74 Å². The van der Waals surface area contributed by atoms with Crippen molar-refractivity contribution in [3.05, 3.63) is 17.8 Å². The fourth-order valence-corrected chi connectivity index (χ4v) is 4.66. The molecule has 0 radical (unpaired) electrons. The number of ether oxygens (including phenoxy) is 1. The van der Waals surface area contributed by atoms with Crippen LogP contribution in [0.25, 0.3) is 10.3 Å². The van der Waals surface area contributed by atoms with Crippen molar-refractivity contribution < 1.29 is 4.74 Å². The highest BCUT2D eigenvalue weighted by atomic mass is 32.1. The molecule has 2 bridgehead atoms.